The fourth-order valence-electron chi connectivity index (χ4n) is 1.94. The Morgan fingerprint density at radius 2 is 2.10 bits per heavy atom. The number of nitrogens with two attached hydrogens (primary N) is 1. The zero-order valence-electron chi connectivity index (χ0n) is 10.6. The molecule has 0 spiro atoms. The summed E-state index contributed by atoms with van der Waals surface area (Å²) in [5.41, 5.74) is 7.59. The Hall–Kier alpha value is -1.66. The van der Waals surface area contributed by atoms with Crippen LogP contribution in [0.25, 0.3) is 10.9 Å². The number of benzene rings is 1. The molecule has 7 nitrogen and oxygen atoms in total. The average Bonchev–Trinajstić information content (AvgIpc) is 2.78. The lowest BCUT2D eigenvalue weighted by atomic mass is 10.1. The van der Waals surface area contributed by atoms with Gasteiger partial charge in [0.25, 0.3) is 0 Å². The van der Waals surface area contributed by atoms with E-state index >= 15 is 0 Å². The van der Waals surface area contributed by atoms with E-state index < -0.39 is 25.8 Å². The van der Waals surface area contributed by atoms with Crippen molar-refractivity contribution in [3.63, 3.8) is 0 Å². The summed E-state index contributed by atoms with van der Waals surface area (Å²) in [7, 11) is -4.26. The number of aromatic amines is 1. The second-order valence-corrected chi connectivity index (χ2v) is 6.18. The van der Waals surface area contributed by atoms with Gasteiger partial charge < -0.3 is 25.8 Å². The predicted octanol–water partition coefficient (Wildman–Crippen LogP) is 0.289. The van der Waals surface area contributed by atoms with E-state index in [1.54, 1.807) is 6.20 Å². The molecule has 0 saturated heterocycles. The van der Waals surface area contributed by atoms with Crippen LogP contribution in [-0.4, -0.2) is 33.0 Å². The van der Waals surface area contributed by atoms with E-state index in [0.717, 1.165) is 16.5 Å². The third-order valence-corrected chi connectivity index (χ3v) is 3.48. The largest absolute Gasteiger partial charge is 0.361 e. The van der Waals surface area contributed by atoms with Gasteiger partial charge in [-0.1, -0.05) is 18.2 Å². The first-order valence-electron chi connectivity index (χ1n) is 5.99. The number of aromatic nitrogens is 1. The second-order valence-electron chi connectivity index (χ2n) is 4.53. The molecule has 0 saturated carbocycles. The van der Waals surface area contributed by atoms with E-state index in [-0.39, 0.29) is 6.42 Å². The van der Waals surface area contributed by atoms with Gasteiger partial charge in [0.15, 0.2) is 0 Å². The van der Waals surface area contributed by atoms with Gasteiger partial charge in [-0.05, 0) is 18.1 Å². The van der Waals surface area contributed by atoms with Crippen molar-refractivity contribution in [3.05, 3.63) is 36.0 Å². The molecule has 0 fully saturated rings. The van der Waals surface area contributed by atoms with Gasteiger partial charge in [-0.3, -0.25) is 9.36 Å². The van der Waals surface area contributed by atoms with Crippen molar-refractivity contribution in [2.75, 3.05) is 6.29 Å². The van der Waals surface area contributed by atoms with Crippen LogP contribution in [0, 0.1) is 0 Å². The van der Waals surface area contributed by atoms with Crippen LogP contribution in [0.2, 0.25) is 0 Å². The molecule has 108 valence electrons. The standard InChI is InChI=1S/C12H16N3O4P/c13-10(12(16)15-7-20(17,18)19)5-8-6-14-11-4-2-1-3-9(8)11/h1-4,6,10,14H,5,7,13H2,(H,15,16)(H2,17,18,19)/t10-/m0/s1. The van der Waals surface area contributed by atoms with E-state index in [1.807, 2.05) is 24.3 Å². The first-order valence-corrected chi connectivity index (χ1v) is 7.79. The monoisotopic (exact) mass is 297 g/mol. The van der Waals surface area contributed by atoms with Gasteiger partial charge in [0.1, 0.15) is 6.29 Å². The van der Waals surface area contributed by atoms with Crippen molar-refractivity contribution in [1.82, 2.24) is 10.3 Å². The Morgan fingerprint density at radius 3 is 2.80 bits per heavy atom. The highest BCUT2D eigenvalue weighted by atomic mass is 31.2. The molecule has 1 heterocycles. The van der Waals surface area contributed by atoms with E-state index in [2.05, 4.69) is 10.3 Å². The summed E-state index contributed by atoms with van der Waals surface area (Å²) < 4.78 is 10.7. The molecule has 2 aromatic rings. The highest BCUT2D eigenvalue weighted by Gasteiger charge is 2.19. The highest BCUT2D eigenvalue weighted by molar-refractivity contribution is 7.51. The number of para-hydroxylation sites is 1. The number of H-pyrrole nitrogens is 1. The smallest absolute Gasteiger partial charge is 0.344 e. The van der Waals surface area contributed by atoms with Crippen LogP contribution in [0.4, 0.5) is 0 Å². The first-order chi connectivity index (χ1) is 9.37. The fraction of sp³-hybridized carbons (Fsp3) is 0.250. The summed E-state index contributed by atoms with van der Waals surface area (Å²) in [6, 6.07) is 6.76. The molecule has 1 aromatic carbocycles. The van der Waals surface area contributed by atoms with Gasteiger partial charge in [-0.2, -0.15) is 0 Å². The third kappa shape index (κ3) is 3.68. The van der Waals surface area contributed by atoms with Gasteiger partial charge >= 0.3 is 7.60 Å². The number of nitrogens with one attached hydrogen (secondary N) is 2. The number of fused-ring (bicyclic) bond motifs is 1. The van der Waals surface area contributed by atoms with Crippen molar-refractivity contribution in [1.29, 1.82) is 0 Å². The zero-order valence-corrected chi connectivity index (χ0v) is 11.5. The maximum absolute atomic E-state index is 11.7. The molecule has 8 heteroatoms. The van der Waals surface area contributed by atoms with E-state index in [0.29, 0.717) is 0 Å². The summed E-state index contributed by atoms with van der Waals surface area (Å²) in [6.45, 7) is 0. The Labute approximate surface area is 115 Å². The number of hydrogen-bond donors (Lipinski definition) is 5. The van der Waals surface area contributed by atoms with Gasteiger partial charge in [-0.25, -0.2) is 0 Å². The predicted molar refractivity (Wildman–Crippen MR) is 75.0 cm³/mol. The highest BCUT2D eigenvalue weighted by Crippen LogP contribution is 2.31. The molecule has 6 N–H and O–H groups in total. The number of rotatable bonds is 5. The lowest BCUT2D eigenvalue weighted by Crippen LogP contribution is -2.42. The SMILES string of the molecule is N[C@@H](Cc1c[nH]c2ccccc12)C(=O)NCP(=O)(O)O. The normalized spacial score (nSPS) is 13.3. The van der Waals surface area contributed by atoms with Crippen LogP contribution < -0.4 is 11.1 Å². The minimum atomic E-state index is -4.26. The summed E-state index contributed by atoms with van der Waals surface area (Å²) in [5.74, 6) is -0.585. The van der Waals surface area contributed by atoms with Crippen LogP contribution in [0.5, 0.6) is 0 Å². The second kappa shape index (κ2) is 5.76. The molecule has 0 radical (unpaired) electrons. The maximum atomic E-state index is 11.7. The minimum absolute atomic E-state index is 0.289. The average molecular weight is 297 g/mol. The Bertz CT molecular complexity index is 664. The lowest BCUT2D eigenvalue weighted by molar-refractivity contribution is -0.122. The van der Waals surface area contributed by atoms with Crippen molar-refractivity contribution in [2.24, 2.45) is 5.73 Å². The van der Waals surface area contributed by atoms with Crippen LogP contribution in [0.1, 0.15) is 5.56 Å². The number of hydrogen-bond acceptors (Lipinski definition) is 3. The van der Waals surface area contributed by atoms with E-state index in [9.17, 15) is 9.36 Å². The van der Waals surface area contributed by atoms with Crippen LogP contribution in [0.15, 0.2) is 30.5 Å². The minimum Gasteiger partial charge on any atom is -0.361 e. The number of amides is 1. The Kier molecular flexibility index (Phi) is 4.25. The van der Waals surface area contributed by atoms with Crippen LogP contribution in [0.3, 0.4) is 0 Å². The van der Waals surface area contributed by atoms with Gasteiger partial charge in [-0.15, -0.1) is 0 Å². The molecule has 20 heavy (non-hydrogen) atoms. The first kappa shape index (κ1) is 14.7. The molecule has 1 atom stereocenters. The van der Waals surface area contributed by atoms with E-state index in [4.69, 9.17) is 15.5 Å². The third-order valence-electron chi connectivity index (χ3n) is 2.91. The molecule has 1 aromatic heterocycles. The fourth-order valence-corrected chi connectivity index (χ4v) is 2.30. The summed E-state index contributed by atoms with van der Waals surface area (Å²) in [5, 5.41) is 3.12. The van der Waals surface area contributed by atoms with Gasteiger partial charge in [0.05, 0.1) is 6.04 Å². The van der Waals surface area contributed by atoms with Gasteiger partial charge in [0, 0.05) is 17.1 Å². The van der Waals surface area contributed by atoms with Crippen molar-refractivity contribution in [2.45, 2.75) is 12.5 Å². The lowest BCUT2D eigenvalue weighted by Gasteiger charge is -2.12. The molecule has 0 aliphatic carbocycles. The van der Waals surface area contributed by atoms with Crippen molar-refractivity contribution < 1.29 is 19.1 Å². The molecular formula is C12H16N3O4P. The number of carbonyl (C=O) groups is 1. The Morgan fingerprint density at radius 1 is 1.40 bits per heavy atom. The molecule has 0 aliphatic rings. The quantitative estimate of drug-likeness (QED) is 0.507. The molecule has 0 aliphatic heterocycles. The van der Waals surface area contributed by atoms with Crippen molar-refractivity contribution >= 4 is 24.4 Å². The molecule has 1 amide bonds. The molecule has 0 bridgehead atoms. The van der Waals surface area contributed by atoms with E-state index in [1.165, 1.54) is 0 Å². The summed E-state index contributed by atoms with van der Waals surface area (Å²) in [6.07, 6.45) is 1.37. The Balaban J connectivity index is 2.02. The zero-order chi connectivity index (χ0) is 14.8. The topological polar surface area (TPSA) is 128 Å². The van der Waals surface area contributed by atoms with Crippen LogP contribution >= 0.6 is 7.60 Å². The molecular weight excluding hydrogens is 281 g/mol. The number of carbonyl (C=O) groups excluding carboxylic acids is 1. The van der Waals surface area contributed by atoms with Crippen molar-refractivity contribution in [3.8, 4) is 0 Å². The molecule has 0 unspecified atom stereocenters. The molecule has 2 rings (SSSR count). The summed E-state index contributed by atoms with van der Waals surface area (Å²) in [4.78, 5) is 32.1. The van der Waals surface area contributed by atoms with Crippen LogP contribution in [-0.2, 0) is 15.8 Å². The summed E-state index contributed by atoms with van der Waals surface area (Å²) >= 11 is 0. The van der Waals surface area contributed by atoms with Gasteiger partial charge in [0.2, 0.25) is 5.91 Å². The maximum Gasteiger partial charge on any atom is 0.344 e.